The van der Waals surface area contributed by atoms with Crippen molar-refractivity contribution < 1.29 is 4.39 Å². The molecule has 4 nitrogen and oxygen atoms in total. The molecule has 0 saturated carbocycles. The number of pyridine rings is 2. The van der Waals surface area contributed by atoms with E-state index >= 15 is 0 Å². The van der Waals surface area contributed by atoms with E-state index in [9.17, 15) is 4.39 Å². The lowest BCUT2D eigenvalue weighted by Gasteiger charge is -2.18. The lowest BCUT2D eigenvalue weighted by molar-refractivity contribution is 0.628. The number of nitrogens with two attached hydrogens (primary N) is 1. The van der Waals surface area contributed by atoms with Crippen LogP contribution in [0.25, 0.3) is 21.8 Å². The lowest BCUT2D eigenvalue weighted by atomic mass is 9.93. The Hall–Kier alpha value is -4.12. The van der Waals surface area contributed by atoms with Crippen molar-refractivity contribution in [2.45, 2.75) is 51.4 Å². The molecule has 3 aromatic carbocycles. The van der Waals surface area contributed by atoms with E-state index in [4.69, 9.17) is 20.7 Å². The molecule has 0 saturated heterocycles. The Bertz CT molecular complexity index is 1640. The second-order valence-electron chi connectivity index (χ2n) is 10.1. The maximum Gasteiger partial charge on any atom is 0.123 e. The monoisotopic (exact) mass is 502 g/mol. The first-order valence-corrected chi connectivity index (χ1v) is 13.5. The fourth-order valence-electron chi connectivity index (χ4n) is 5.59. The number of aliphatic imine (C=N–C) groups is 1. The molecule has 5 aromatic rings. The van der Waals surface area contributed by atoms with Crippen LogP contribution < -0.4 is 5.73 Å². The van der Waals surface area contributed by atoms with E-state index in [1.54, 1.807) is 12.1 Å². The maximum atomic E-state index is 13.0. The topological polar surface area (TPSA) is 64.2 Å². The van der Waals surface area contributed by atoms with Crippen LogP contribution in [0.15, 0.2) is 77.8 Å². The molecule has 2 N–H and O–H groups in total. The van der Waals surface area contributed by atoms with E-state index in [0.717, 1.165) is 64.4 Å². The highest BCUT2D eigenvalue weighted by Crippen LogP contribution is 2.35. The van der Waals surface area contributed by atoms with Crippen LogP contribution in [0.4, 0.5) is 15.8 Å². The molecule has 0 aliphatic heterocycles. The number of nitrogens with zero attached hydrogens (tertiary/aromatic N) is 3. The molecule has 7 rings (SSSR count). The fraction of sp³-hybridized carbons (Fsp3) is 0.242. The van der Waals surface area contributed by atoms with Crippen LogP contribution in [0.3, 0.4) is 0 Å². The van der Waals surface area contributed by atoms with Crippen LogP contribution in [0.5, 0.6) is 0 Å². The second-order valence-corrected chi connectivity index (χ2v) is 10.1. The summed E-state index contributed by atoms with van der Waals surface area (Å²) in [7, 11) is 0. The predicted octanol–water partition coefficient (Wildman–Crippen LogP) is 7.70. The Morgan fingerprint density at radius 3 is 1.92 bits per heavy atom. The Morgan fingerprint density at radius 1 is 0.658 bits per heavy atom. The average molecular weight is 503 g/mol. The van der Waals surface area contributed by atoms with Crippen LogP contribution >= 0.6 is 0 Å². The Balaban J connectivity index is 0.000000152. The number of aryl methyl sites for hydroxylation is 2. The number of hydrogen-bond acceptors (Lipinski definition) is 4. The lowest BCUT2D eigenvalue weighted by Crippen LogP contribution is -2.09. The third-order valence-corrected chi connectivity index (χ3v) is 7.57. The van der Waals surface area contributed by atoms with Crippen molar-refractivity contribution >= 4 is 39.4 Å². The van der Waals surface area contributed by atoms with E-state index in [-0.39, 0.29) is 5.82 Å². The molecule has 0 radical (unpaired) electrons. The van der Waals surface area contributed by atoms with Gasteiger partial charge in [-0.25, -0.2) is 4.39 Å². The Labute approximate surface area is 222 Å². The second kappa shape index (κ2) is 10.7. The smallest absolute Gasteiger partial charge is 0.123 e. The fourth-order valence-corrected chi connectivity index (χ4v) is 5.59. The average Bonchev–Trinajstić information content (AvgIpc) is 2.97. The van der Waals surface area contributed by atoms with Crippen molar-refractivity contribution in [3.05, 3.63) is 107 Å². The first-order valence-electron chi connectivity index (χ1n) is 13.5. The highest BCUT2D eigenvalue weighted by atomic mass is 19.1. The molecule has 2 aliphatic rings. The minimum atomic E-state index is -0.228. The van der Waals surface area contributed by atoms with E-state index in [2.05, 4.69) is 12.1 Å². The summed E-state index contributed by atoms with van der Waals surface area (Å²) >= 11 is 0. The van der Waals surface area contributed by atoms with Crippen LogP contribution in [-0.4, -0.2) is 16.2 Å². The third kappa shape index (κ3) is 4.89. The van der Waals surface area contributed by atoms with Gasteiger partial charge in [-0.1, -0.05) is 48.5 Å². The van der Waals surface area contributed by atoms with Gasteiger partial charge in [0, 0.05) is 34.1 Å². The van der Waals surface area contributed by atoms with Gasteiger partial charge in [-0.2, -0.15) is 0 Å². The highest BCUT2D eigenvalue weighted by molar-refractivity contribution is 5.95. The Kier molecular flexibility index (Phi) is 6.82. The van der Waals surface area contributed by atoms with Gasteiger partial charge in [-0.3, -0.25) is 15.0 Å². The van der Waals surface area contributed by atoms with E-state index < -0.39 is 0 Å². The number of aromatic nitrogens is 2. The van der Waals surface area contributed by atoms with Gasteiger partial charge in [0.2, 0.25) is 0 Å². The largest absolute Gasteiger partial charge is 0.398 e. The van der Waals surface area contributed by atoms with Gasteiger partial charge in [0.1, 0.15) is 5.82 Å². The zero-order chi connectivity index (χ0) is 25.9. The molecule has 0 amide bonds. The van der Waals surface area contributed by atoms with Crippen LogP contribution in [0.1, 0.15) is 53.8 Å². The number of para-hydroxylation sites is 2. The SMILES string of the molecule is Fc1ccc(C=Nc2c3c(nc4ccccc24)CCCC3)cc1.Nc1c2c(nc3ccccc13)CCCC2. The zero-order valence-corrected chi connectivity index (χ0v) is 21.5. The maximum absolute atomic E-state index is 13.0. The van der Waals surface area contributed by atoms with E-state index in [1.165, 1.54) is 60.3 Å². The molecule has 190 valence electrons. The molecule has 2 heterocycles. The number of fused-ring (bicyclic) bond motifs is 4. The molecule has 0 bridgehead atoms. The summed E-state index contributed by atoms with van der Waals surface area (Å²) in [6, 6.07) is 22.7. The predicted molar refractivity (Wildman–Crippen MR) is 155 cm³/mol. The molecule has 2 aromatic heterocycles. The summed E-state index contributed by atoms with van der Waals surface area (Å²) in [6.45, 7) is 0. The normalized spacial score (nSPS) is 14.7. The van der Waals surface area contributed by atoms with Crippen molar-refractivity contribution in [3.8, 4) is 0 Å². The van der Waals surface area contributed by atoms with E-state index in [0.29, 0.717) is 0 Å². The summed E-state index contributed by atoms with van der Waals surface area (Å²) in [5.74, 6) is -0.228. The quantitative estimate of drug-likeness (QED) is 0.252. The van der Waals surface area contributed by atoms with Gasteiger partial charge in [0.25, 0.3) is 0 Å². The van der Waals surface area contributed by atoms with Crippen molar-refractivity contribution in [1.29, 1.82) is 0 Å². The molecule has 0 atom stereocenters. The van der Waals surface area contributed by atoms with Gasteiger partial charge in [-0.15, -0.1) is 0 Å². The first kappa shape index (κ1) is 24.2. The zero-order valence-electron chi connectivity index (χ0n) is 21.5. The summed E-state index contributed by atoms with van der Waals surface area (Å²) in [5, 5.41) is 2.20. The number of nitrogen functional groups attached to an aromatic ring is 1. The summed E-state index contributed by atoms with van der Waals surface area (Å²) < 4.78 is 13.0. The van der Waals surface area contributed by atoms with Gasteiger partial charge in [0.15, 0.2) is 0 Å². The van der Waals surface area contributed by atoms with Crippen molar-refractivity contribution in [1.82, 2.24) is 9.97 Å². The highest BCUT2D eigenvalue weighted by Gasteiger charge is 2.18. The van der Waals surface area contributed by atoms with Gasteiger partial charge < -0.3 is 5.73 Å². The first-order chi connectivity index (χ1) is 18.7. The van der Waals surface area contributed by atoms with Crippen LogP contribution in [0.2, 0.25) is 0 Å². The number of benzene rings is 3. The minimum Gasteiger partial charge on any atom is -0.398 e. The molecular formula is C33H31FN4. The summed E-state index contributed by atoms with van der Waals surface area (Å²) in [5.41, 5.74) is 16.1. The molecule has 2 aliphatic carbocycles. The standard InChI is InChI=1S/C20H17FN2.C13H14N2/c21-15-11-9-14(10-12-15)13-22-20-16-5-1-3-7-18(16)23-19-8-4-2-6-17(19)20;14-13-9-5-1-3-7-11(9)15-12-8-4-2-6-10(12)13/h1,3,5,7,9-13H,2,4,6,8H2;1,3,5,7H,2,4,6,8H2,(H2,14,15). The molecule has 5 heteroatoms. The van der Waals surface area contributed by atoms with Crippen molar-refractivity contribution in [2.75, 3.05) is 5.73 Å². The number of rotatable bonds is 2. The molecule has 0 spiro atoms. The number of halogens is 1. The van der Waals surface area contributed by atoms with Gasteiger partial charge in [-0.05, 0) is 92.3 Å². The molecular weight excluding hydrogens is 471 g/mol. The number of hydrogen-bond donors (Lipinski definition) is 1. The van der Waals surface area contributed by atoms with Gasteiger partial charge >= 0.3 is 0 Å². The molecule has 0 unspecified atom stereocenters. The Morgan fingerprint density at radius 2 is 1.21 bits per heavy atom. The van der Waals surface area contributed by atoms with Crippen molar-refractivity contribution in [2.24, 2.45) is 4.99 Å². The summed E-state index contributed by atoms with van der Waals surface area (Å²) in [6.07, 6.45) is 10.9. The number of anilines is 1. The van der Waals surface area contributed by atoms with E-state index in [1.807, 2.05) is 42.6 Å². The minimum absolute atomic E-state index is 0.228. The summed E-state index contributed by atoms with van der Waals surface area (Å²) in [4.78, 5) is 14.3. The van der Waals surface area contributed by atoms with Crippen LogP contribution in [-0.2, 0) is 25.7 Å². The van der Waals surface area contributed by atoms with Crippen molar-refractivity contribution in [3.63, 3.8) is 0 Å². The molecule has 38 heavy (non-hydrogen) atoms. The third-order valence-electron chi connectivity index (χ3n) is 7.57. The van der Waals surface area contributed by atoms with Crippen LogP contribution in [0, 0.1) is 5.82 Å². The molecule has 0 fully saturated rings. The van der Waals surface area contributed by atoms with Gasteiger partial charge in [0.05, 0.1) is 16.7 Å².